The molecule has 0 aromatic heterocycles. The Bertz CT molecular complexity index is 578. The summed E-state index contributed by atoms with van der Waals surface area (Å²) in [5.74, 6) is -0.211. The number of hydrazine groups is 1. The number of amides is 2. The number of nitrogens with one attached hydrogen (secondary N) is 2. The number of nitrogens with zero attached hydrogens (tertiary/aromatic N) is 2. The molecule has 2 heterocycles. The largest absolute Gasteiger partial charge is 0.445 e. The van der Waals surface area contributed by atoms with Gasteiger partial charge in [-0.05, 0) is 5.56 Å². The topological polar surface area (TPSA) is 73.9 Å². The zero-order chi connectivity index (χ0) is 16.9. The minimum Gasteiger partial charge on any atom is -0.445 e. The van der Waals surface area contributed by atoms with E-state index < -0.39 is 5.38 Å². The molecule has 2 N–H and O–H groups in total. The Balaban J connectivity index is 1.46. The van der Waals surface area contributed by atoms with Crippen molar-refractivity contribution in [2.45, 2.75) is 18.0 Å². The van der Waals surface area contributed by atoms with Gasteiger partial charge in [0.05, 0.1) is 0 Å². The highest BCUT2D eigenvalue weighted by Crippen LogP contribution is 2.16. The lowest BCUT2D eigenvalue weighted by molar-refractivity contribution is -0.125. The van der Waals surface area contributed by atoms with E-state index in [1.807, 2.05) is 30.3 Å². The van der Waals surface area contributed by atoms with Gasteiger partial charge in [-0.15, -0.1) is 11.6 Å². The minimum atomic E-state index is -0.581. The van der Waals surface area contributed by atoms with E-state index in [2.05, 4.69) is 15.8 Å². The molecule has 3 rings (SSSR count). The van der Waals surface area contributed by atoms with Gasteiger partial charge < -0.3 is 9.64 Å². The summed E-state index contributed by atoms with van der Waals surface area (Å²) in [5.41, 5.74) is 6.35. The number of hydrogen-bond donors (Lipinski definition) is 2. The summed E-state index contributed by atoms with van der Waals surface area (Å²) < 4.78 is 5.35. The van der Waals surface area contributed by atoms with Crippen molar-refractivity contribution < 1.29 is 14.3 Å². The summed E-state index contributed by atoms with van der Waals surface area (Å²) in [4.78, 5) is 27.6. The molecule has 0 bridgehead atoms. The van der Waals surface area contributed by atoms with E-state index in [4.69, 9.17) is 16.3 Å². The molecule has 0 saturated carbocycles. The van der Waals surface area contributed by atoms with Crippen LogP contribution in [0.3, 0.4) is 0 Å². The van der Waals surface area contributed by atoms with Crippen molar-refractivity contribution >= 4 is 23.6 Å². The van der Waals surface area contributed by atoms with Crippen molar-refractivity contribution in [2.24, 2.45) is 0 Å². The summed E-state index contributed by atoms with van der Waals surface area (Å²) in [5, 5.41) is -0.581. The maximum Gasteiger partial charge on any atom is 0.410 e. The molecule has 1 aromatic carbocycles. The maximum absolute atomic E-state index is 12.2. The molecule has 130 valence electrons. The standard InChI is InChI=1S/C16H21ClN4O3/c17-14-13(10-18-19-15(14)22)20-6-8-21(9-7-20)16(23)24-11-12-4-2-1-3-5-12/h1-5,13-14,18H,6-11H2,(H,19,22). The second kappa shape index (κ2) is 7.83. The Labute approximate surface area is 145 Å². The average molecular weight is 353 g/mol. The maximum atomic E-state index is 12.2. The van der Waals surface area contributed by atoms with E-state index in [0.717, 1.165) is 5.56 Å². The number of hydrogen-bond acceptors (Lipinski definition) is 5. The Morgan fingerprint density at radius 2 is 1.92 bits per heavy atom. The van der Waals surface area contributed by atoms with E-state index in [1.165, 1.54) is 0 Å². The van der Waals surface area contributed by atoms with Gasteiger partial charge in [-0.3, -0.25) is 15.1 Å². The summed E-state index contributed by atoms with van der Waals surface area (Å²) >= 11 is 6.18. The molecule has 8 heteroatoms. The molecule has 7 nitrogen and oxygen atoms in total. The summed E-state index contributed by atoms with van der Waals surface area (Å²) in [6, 6.07) is 9.54. The number of alkyl halides is 1. The van der Waals surface area contributed by atoms with Crippen molar-refractivity contribution in [3.63, 3.8) is 0 Å². The predicted octanol–water partition coefficient (Wildman–Crippen LogP) is 0.551. The Morgan fingerprint density at radius 1 is 1.21 bits per heavy atom. The van der Waals surface area contributed by atoms with Crippen LogP contribution in [0.1, 0.15) is 5.56 Å². The Hall–Kier alpha value is -1.83. The number of rotatable bonds is 3. The lowest BCUT2D eigenvalue weighted by Gasteiger charge is -2.41. The molecule has 1 aromatic rings. The van der Waals surface area contributed by atoms with E-state index in [0.29, 0.717) is 32.7 Å². The van der Waals surface area contributed by atoms with Gasteiger partial charge in [0.1, 0.15) is 12.0 Å². The third kappa shape index (κ3) is 3.98. The molecule has 2 unspecified atom stereocenters. The van der Waals surface area contributed by atoms with Gasteiger partial charge in [-0.2, -0.15) is 0 Å². The Kier molecular flexibility index (Phi) is 5.55. The first-order valence-corrected chi connectivity index (χ1v) is 8.45. The van der Waals surface area contributed by atoms with Crippen LogP contribution in [0.5, 0.6) is 0 Å². The highest BCUT2D eigenvalue weighted by atomic mass is 35.5. The molecular formula is C16H21ClN4O3. The fraction of sp³-hybridized carbons (Fsp3) is 0.500. The number of carbonyl (C=O) groups is 2. The first kappa shape index (κ1) is 17.0. The highest BCUT2D eigenvalue weighted by Gasteiger charge is 2.36. The SMILES string of the molecule is O=C1NNCC(N2CCN(C(=O)OCc3ccccc3)CC2)C1Cl. The third-order valence-corrected chi connectivity index (χ3v) is 4.85. The van der Waals surface area contributed by atoms with Crippen molar-refractivity contribution in [3.05, 3.63) is 35.9 Å². The molecule has 2 amide bonds. The molecular weight excluding hydrogens is 332 g/mol. The molecule has 0 aliphatic carbocycles. The van der Waals surface area contributed by atoms with Crippen LogP contribution in [0.15, 0.2) is 30.3 Å². The molecule has 0 radical (unpaired) electrons. The second-order valence-corrected chi connectivity index (χ2v) is 6.37. The number of benzene rings is 1. The molecule has 2 aliphatic rings. The van der Waals surface area contributed by atoms with Gasteiger partial charge >= 0.3 is 6.09 Å². The lowest BCUT2D eigenvalue weighted by atomic mass is 10.1. The minimum absolute atomic E-state index is 0.0668. The second-order valence-electron chi connectivity index (χ2n) is 5.90. The van der Waals surface area contributed by atoms with Gasteiger partial charge in [0.15, 0.2) is 0 Å². The fourth-order valence-electron chi connectivity index (χ4n) is 2.95. The Morgan fingerprint density at radius 3 is 2.62 bits per heavy atom. The van der Waals surface area contributed by atoms with Crippen molar-refractivity contribution in [2.75, 3.05) is 32.7 Å². The van der Waals surface area contributed by atoms with Crippen LogP contribution in [0.4, 0.5) is 4.79 Å². The van der Waals surface area contributed by atoms with Crippen LogP contribution < -0.4 is 10.9 Å². The molecule has 24 heavy (non-hydrogen) atoms. The summed E-state index contributed by atoms with van der Waals surface area (Å²) in [6.45, 7) is 3.34. The van der Waals surface area contributed by atoms with Gasteiger partial charge in [-0.1, -0.05) is 30.3 Å². The number of carbonyl (C=O) groups excluding carboxylic acids is 2. The van der Waals surface area contributed by atoms with Gasteiger partial charge in [0, 0.05) is 38.8 Å². The van der Waals surface area contributed by atoms with Crippen LogP contribution in [-0.2, 0) is 16.1 Å². The van der Waals surface area contributed by atoms with Crippen LogP contribution in [-0.4, -0.2) is 65.9 Å². The lowest BCUT2D eigenvalue weighted by Crippen LogP contribution is -2.64. The van der Waals surface area contributed by atoms with E-state index in [9.17, 15) is 9.59 Å². The predicted molar refractivity (Wildman–Crippen MR) is 89.3 cm³/mol. The molecule has 2 fully saturated rings. The van der Waals surface area contributed by atoms with Crippen LogP contribution in [0, 0.1) is 0 Å². The zero-order valence-electron chi connectivity index (χ0n) is 13.3. The average Bonchev–Trinajstić information content (AvgIpc) is 2.63. The van der Waals surface area contributed by atoms with Crippen molar-refractivity contribution in [1.29, 1.82) is 0 Å². The normalized spacial score (nSPS) is 25.2. The van der Waals surface area contributed by atoms with E-state index in [1.54, 1.807) is 4.90 Å². The van der Waals surface area contributed by atoms with Crippen LogP contribution >= 0.6 is 11.6 Å². The van der Waals surface area contributed by atoms with Crippen LogP contribution in [0.2, 0.25) is 0 Å². The third-order valence-electron chi connectivity index (χ3n) is 4.36. The van der Waals surface area contributed by atoms with Gasteiger partial charge in [0.25, 0.3) is 5.91 Å². The summed E-state index contributed by atoms with van der Waals surface area (Å²) in [7, 11) is 0. The molecule has 2 aliphatic heterocycles. The van der Waals surface area contributed by atoms with Crippen LogP contribution in [0.25, 0.3) is 0 Å². The number of piperazine rings is 1. The van der Waals surface area contributed by atoms with Crippen molar-refractivity contribution in [1.82, 2.24) is 20.7 Å². The first-order valence-electron chi connectivity index (χ1n) is 8.01. The van der Waals surface area contributed by atoms with Gasteiger partial charge in [0.2, 0.25) is 0 Å². The highest BCUT2D eigenvalue weighted by molar-refractivity contribution is 6.31. The molecule has 2 atom stereocenters. The monoisotopic (exact) mass is 352 g/mol. The van der Waals surface area contributed by atoms with E-state index >= 15 is 0 Å². The summed E-state index contributed by atoms with van der Waals surface area (Å²) in [6.07, 6.45) is -0.305. The molecule has 2 saturated heterocycles. The van der Waals surface area contributed by atoms with E-state index in [-0.39, 0.29) is 24.6 Å². The molecule has 0 spiro atoms. The zero-order valence-corrected chi connectivity index (χ0v) is 14.0. The number of ether oxygens (including phenoxy) is 1. The van der Waals surface area contributed by atoms with Crippen molar-refractivity contribution in [3.8, 4) is 0 Å². The smallest absolute Gasteiger partial charge is 0.410 e. The number of halogens is 1. The quantitative estimate of drug-likeness (QED) is 0.777. The fourth-order valence-corrected chi connectivity index (χ4v) is 3.25. The first-order chi connectivity index (χ1) is 11.6. The van der Waals surface area contributed by atoms with Gasteiger partial charge in [-0.25, -0.2) is 10.2 Å².